The first-order chi connectivity index (χ1) is 8.08. The van der Waals surface area contributed by atoms with Crippen LogP contribution in [0.3, 0.4) is 0 Å². The molecule has 0 saturated heterocycles. The van der Waals surface area contributed by atoms with Gasteiger partial charge in [-0.3, -0.25) is 0 Å². The number of para-hydroxylation sites is 1. The van der Waals surface area contributed by atoms with Crippen LogP contribution in [0, 0.1) is 5.92 Å². The molecule has 1 heterocycles. The van der Waals surface area contributed by atoms with Gasteiger partial charge in [-0.2, -0.15) is 0 Å². The zero-order valence-electron chi connectivity index (χ0n) is 10.9. The van der Waals surface area contributed by atoms with Gasteiger partial charge in [0.25, 0.3) is 0 Å². The van der Waals surface area contributed by atoms with E-state index in [1.807, 2.05) is 6.07 Å². The molecule has 1 aromatic rings. The molecule has 1 aliphatic heterocycles. The molecule has 1 saturated carbocycles. The zero-order valence-corrected chi connectivity index (χ0v) is 10.9. The summed E-state index contributed by atoms with van der Waals surface area (Å²) in [5, 5.41) is 3.76. The van der Waals surface area contributed by atoms with Gasteiger partial charge in [-0.25, -0.2) is 0 Å². The summed E-state index contributed by atoms with van der Waals surface area (Å²) in [5.74, 6) is 1.91. The van der Waals surface area contributed by atoms with Gasteiger partial charge in [0, 0.05) is 11.6 Å². The SMILES string of the molecule is CC(NC1c2ccccc2OC1(C)C)C1CC1. The van der Waals surface area contributed by atoms with E-state index in [9.17, 15) is 0 Å². The zero-order chi connectivity index (χ0) is 12.0. The Morgan fingerprint density at radius 2 is 2.00 bits per heavy atom. The predicted octanol–water partition coefficient (Wildman–Crippen LogP) is 3.29. The molecule has 1 aliphatic carbocycles. The van der Waals surface area contributed by atoms with Gasteiger partial charge < -0.3 is 10.1 Å². The predicted molar refractivity (Wildman–Crippen MR) is 69.2 cm³/mol. The molecule has 3 rings (SSSR count). The van der Waals surface area contributed by atoms with Gasteiger partial charge in [-0.05, 0) is 45.6 Å². The van der Waals surface area contributed by atoms with Crippen molar-refractivity contribution in [2.45, 2.75) is 51.3 Å². The summed E-state index contributed by atoms with van der Waals surface area (Å²) in [6.07, 6.45) is 2.76. The second-order valence-electron chi connectivity index (χ2n) is 5.97. The van der Waals surface area contributed by atoms with Crippen LogP contribution in [-0.2, 0) is 0 Å². The quantitative estimate of drug-likeness (QED) is 0.862. The Balaban J connectivity index is 1.85. The Kier molecular flexibility index (Phi) is 2.44. The molecule has 0 bridgehead atoms. The third kappa shape index (κ3) is 1.95. The summed E-state index contributed by atoms with van der Waals surface area (Å²) in [7, 11) is 0. The van der Waals surface area contributed by atoms with E-state index in [0.717, 1.165) is 11.7 Å². The van der Waals surface area contributed by atoms with Crippen LogP contribution in [0.25, 0.3) is 0 Å². The highest BCUT2D eigenvalue weighted by Gasteiger charge is 2.42. The lowest BCUT2D eigenvalue weighted by Gasteiger charge is -2.30. The second-order valence-corrected chi connectivity index (χ2v) is 5.97. The second kappa shape index (κ2) is 3.74. The smallest absolute Gasteiger partial charge is 0.125 e. The molecule has 2 unspecified atom stereocenters. The topological polar surface area (TPSA) is 21.3 Å². The summed E-state index contributed by atoms with van der Waals surface area (Å²) >= 11 is 0. The van der Waals surface area contributed by atoms with Crippen LogP contribution >= 0.6 is 0 Å². The number of benzene rings is 1. The lowest BCUT2D eigenvalue weighted by atomic mass is 9.93. The minimum Gasteiger partial charge on any atom is -0.486 e. The molecule has 1 fully saturated rings. The number of ether oxygens (including phenoxy) is 1. The molecule has 1 aromatic carbocycles. The number of fused-ring (bicyclic) bond motifs is 1. The Hall–Kier alpha value is -1.02. The van der Waals surface area contributed by atoms with E-state index in [1.165, 1.54) is 18.4 Å². The van der Waals surface area contributed by atoms with Gasteiger partial charge in [-0.15, -0.1) is 0 Å². The molecule has 0 radical (unpaired) electrons. The molecule has 2 heteroatoms. The first kappa shape index (κ1) is 11.1. The van der Waals surface area contributed by atoms with Crippen molar-refractivity contribution in [2.24, 2.45) is 5.92 Å². The minimum absolute atomic E-state index is 0.146. The van der Waals surface area contributed by atoms with Crippen LogP contribution in [0.4, 0.5) is 0 Å². The molecule has 2 aliphatic rings. The van der Waals surface area contributed by atoms with E-state index in [4.69, 9.17) is 4.74 Å². The first-order valence-electron chi connectivity index (χ1n) is 6.62. The van der Waals surface area contributed by atoms with Crippen molar-refractivity contribution in [3.05, 3.63) is 29.8 Å². The molecule has 1 N–H and O–H groups in total. The lowest BCUT2D eigenvalue weighted by Crippen LogP contribution is -2.43. The van der Waals surface area contributed by atoms with E-state index in [1.54, 1.807) is 0 Å². The van der Waals surface area contributed by atoms with Crippen molar-refractivity contribution in [2.75, 3.05) is 0 Å². The van der Waals surface area contributed by atoms with Crippen molar-refractivity contribution >= 4 is 0 Å². The van der Waals surface area contributed by atoms with Crippen molar-refractivity contribution in [3.63, 3.8) is 0 Å². The van der Waals surface area contributed by atoms with Crippen LogP contribution in [0.15, 0.2) is 24.3 Å². The highest BCUT2D eigenvalue weighted by atomic mass is 16.5. The number of nitrogens with one attached hydrogen (secondary N) is 1. The highest BCUT2D eigenvalue weighted by Crippen LogP contribution is 2.44. The van der Waals surface area contributed by atoms with Gasteiger partial charge in [0.1, 0.15) is 11.4 Å². The number of hydrogen-bond donors (Lipinski definition) is 1. The summed E-state index contributed by atoms with van der Waals surface area (Å²) in [4.78, 5) is 0. The Morgan fingerprint density at radius 1 is 1.29 bits per heavy atom. The average Bonchev–Trinajstić information content (AvgIpc) is 3.06. The molecule has 92 valence electrons. The maximum absolute atomic E-state index is 6.05. The van der Waals surface area contributed by atoms with Gasteiger partial charge in [0.2, 0.25) is 0 Å². The van der Waals surface area contributed by atoms with Crippen molar-refractivity contribution in [1.29, 1.82) is 0 Å². The van der Waals surface area contributed by atoms with Crippen LogP contribution < -0.4 is 10.1 Å². The number of rotatable bonds is 3. The molecule has 2 nitrogen and oxygen atoms in total. The van der Waals surface area contributed by atoms with E-state index in [2.05, 4.69) is 44.3 Å². The monoisotopic (exact) mass is 231 g/mol. The third-order valence-electron chi connectivity index (χ3n) is 4.06. The molecular weight excluding hydrogens is 210 g/mol. The molecule has 0 spiro atoms. The Morgan fingerprint density at radius 3 is 2.71 bits per heavy atom. The van der Waals surface area contributed by atoms with E-state index in [0.29, 0.717) is 12.1 Å². The summed E-state index contributed by atoms with van der Waals surface area (Å²) < 4.78 is 6.05. The summed E-state index contributed by atoms with van der Waals surface area (Å²) in [6.45, 7) is 6.64. The Bertz CT molecular complexity index is 423. The van der Waals surface area contributed by atoms with E-state index in [-0.39, 0.29) is 5.60 Å². The van der Waals surface area contributed by atoms with Crippen molar-refractivity contribution < 1.29 is 4.74 Å². The maximum atomic E-state index is 6.05. The molecule has 2 atom stereocenters. The van der Waals surface area contributed by atoms with Gasteiger partial charge in [0.15, 0.2) is 0 Å². The van der Waals surface area contributed by atoms with Gasteiger partial charge in [-0.1, -0.05) is 18.2 Å². The normalized spacial score (nSPS) is 27.4. The van der Waals surface area contributed by atoms with E-state index < -0.39 is 0 Å². The van der Waals surface area contributed by atoms with Gasteiger partial charge >= 0.3 is 0 Å². The fourth-order valence-corrected chi connectivity index (χ4v) is 2.81. The van der Waals surface area contributed by atoms with Crippen LogP contribution in [0.2, 0.25) is 0 Å². The fourth-order valence-electron chi connectivity index (χ4n) is 2.81. The molecular formula is C15H21NO. The average molecular weight is 231 g/mol. The van der Waals surface area contributed by atoms with Crippen LogP contribution in [0.1, 0.15) is 45.2 Å². The minimum atomic E-state index is -0.146. The maximum Gasteiger partial charge on any atom is 0.125 e. The standard InChI is InChI=1S/C15H21NO/c1-10(11-8-9-11)16-14-12-6-4-5-7-13(12)17-15(14,2)3/h4-7,10-11,14,16H,8-9H2,1-3H3. The van der Waals surface area contributed by atoms with E-state index >= 15 is 0 Å². The molecule has 0 amide bonds. The van der Waals surface area contributed by atoms with Crippen molar-refractivity contribution in [3.8, 4) is 5.75 Å². The van der Waals surface area contributed by atoms with Crippen LogP contribution in [-0.4, -0.2) is 11.6 Å². The lowest BCUT2D eigenvalue weighted by molar-refractivity contribution is 0.0905. The van der Waals surface area contributed by atoms with Crippen molar-refractivity contribution in [1.82, 2.24) is 5.32 Å². The molecule has 17 heavy (non-hydrogen) atoms. The third-order valence-corrected chi connectivity index (χ3v) is 4.06. The fraction of sp³-hybridized carbons (Fsp3) is 0.600. The number of hydrogen-bond acceptors (Lipinski definition) is 2. The summed E-state index contributed by atoms with van der Waals surface area (Å²) in [5.41, 5.74) is 1.16. The van der Waals surface area contributed by atoms with Crippen LogP contribution in [0.5, 0.6) is 5.75 Å². The largest absolute Gasteiger partial charge is 0.486 e. The summed E-state index contributed by atoms with van der Waals surface area (Å²) in [6, 6.07) is 9.30. The first-order valence-corrected chi connectivity index (χ1v) is 6.62. The van der Waals surface area contributed by atoms with Gasteiger partial charge in [0.05, 0.1) is 6.04 Å². The Labute approximate surface area is 103 Å². The molecule has 0 aromatic heterocycles. The highest BCUT2D eigenvalue weighted by molar-refractivity contribution is 5.42.